The smallest absolute Gasteiger partial charge is 0.289 e. The molecule has 8 nitrogen and oxygen atoms in total. The Bertz CT molecular complexity index is 860. The molecule has 1 aromatic heterocycles. The van der Waals surface area contributed by atoms with Gasteiger partial charge in [-0.2, -0.15) is 0 Å². The fourth-order valence-corrected chi connectivity index (χ4v) is 7.88. The van der Waals surface area contributed by atoms with Crippen LogP contribution in [0.25, 0.3) is 0 Å². The van der Waals surface area contributed by atoms with E-state index in [4.69, 9.17) is 0 Å². The molecule has 1 aliphatic heterocycles. The van der Waals surface area contributed by atoms with Gasteiger partial charge in [-0.1, -0.05) is 37.1 Å². The Morgan fingerprint density at radius 3 is 2.53 bits per heavy atom. The van der Waals surface area contributed by atoms with Gasteiger partial charge in [0.1, 0.15) is 12.1 Å². The van der Waals surface area contributed by atoms with Crippen molar-refractivity contribution < 1.29 is 23.4 Å². The molecule has 1 aliphatic rings. The van der Waals surface area contributed by atoms with Crippen LogP contribution in [0.15, 0.2) is 17.5 Å². The first-order chi connectivity index (χ1) is 16.2. The van der Waals surface area contributed by atoms with Gasteiger partial charge in [-0.3, -0.25) is 19.2 Å². The van der Waals surface area contributed by atoms with Crippen LogP contribution >= 0.6 is 22.1 Å². The van der Waals surface area contributed by atoms with Crippen molar-refractivity contribution in [2.75, 3.05) is 12.3 Å². The summed E-state index contributed by atoms with van der Waals surface area (Å²) in [6.07, 6.45) is 3.76. The summed E-state index contributed by atoms with van der Waals surface area (Å²) >= 11 is 1.44. The molecule has 0 radical (unpaired) electrons. The molecule has 3 N–H and O–H groups in total. The van der Waals surface area contributed by atoms with E-state index in [2.05, 4.69) is 16.0 Å². The van der Waals surface area contributed by atoms with Crippen molar-refractivity contribution >= 4 is 55.5 Å². The van der Waals surface area contributed by atoms with Crippen molar-refractivity contribution in [3.05, 3.63) is 22.4 Å². The molecule has 190 valence electrons. The van der Waals surface area contributed by atoms with Gasteiger partial charge in [0, 0.05) is 35.3 Å². The van der Waals surface area contributed by atoms with E-state index < -0.39 is 39.5 Å². The quantitative estimate of drug-likeness (QED) is 0.193. The van der Waals surface area contributed by atoms with E-state index in [1.54, 1.807) is 6.92 Å². The Balaban J connectivity index is 1.92. The molecule has 1 fully saturated rings. The van der Waals surface area contributed by atoms with Crippen molar-refractivity contribution in [1.29, 1.82) is 0 Å². The maximum absolute atomic E-state index is 13.0. The van der Waals surface area contributed by atoms with Crippen LogP contribution in [0, 0.1) is 5.92 Å². The largest absolute Gasteiger partial charge is 0.350 e. The maximum atomic E-state index is 13.0. The van der Waals surface area contributed by atoms with Crippen molar-refractivity contribution in [1.82, 2.24) is 16.0 Å². The lowest BCUT2D eigenvalue weighted by molar-refractivity contribution is -0.140. The molecule has 1 saturated heterocycles. The Morgan fingerprint density at radius 2 is 1.94 bits per heavy atom. The molecule has 0 saturated carbocycles. The second-order valence-corrected chi connectivity index (χ2v) is 13.2. The van der Waals surface area contributed by atoms with E-state index >= 15 is 0 Å². The summed E-state index contributed by atoms with van der Waals surface area (Å²) in [5.74, 6) is -1.44. The number of likely N-dealkylation sites (N-methyl/N-ethyl adjacent to an activating group) is 1. The van der Waals surface area contributed by atoms with Gasteiger partial charge in [-0.05, 0) is 43.6 Å². The van der Waals surface area contributed by atoms with E-state index in [0.717, 1.165) is 29.9 Å². The number of thiophene rings is 1. The standard InChI is InChI=1S/C23H35N3O5S3/c1-4-24-23(30)21(28)18(14-16-8-7-12-32-16)25-22(29)20(15(2)3)26-19(27)10-6-5-9-17-11-13-33-34(17)31/h7-8,12,15,17-18,20H,4-6,9-11,13-14H2,1-3H3,(H,24,30)(H,25,29)(H,26,27)/t17?,18-,20-,34?/m0/s1. The molecule has 0 spiro atoms. The maximum Gasteiger partial charge on any atom is 0.289 e. The van der Waals surface area contributed by atoms with Crippen molar-refractivity contribution in [2.24, 2.45) is 5.92 Å². The van der Waals surface area contributed by atoms with Crippen LogP contribution in [0.2, 0.25) is 0 Å². The molecule has 11 heteroatoms. The third-order valence-electron chi connectivity index (χ3n) is 5.54. The van der Waals surface area contributed by atoms with Gasteiger partial charge < -0.3 is 16.0 Å². The van der Waals surface area contributed by atoms with Gasteiger partial charge in [0.15, 0.2) is 0 Å². The van der Waals surface area contributed by atoms with E-state index in [-0.39, 0.29) is 29.9 Å². The molecule has 2 heterocycles. The summed E-state index contributed by atoms with van der Waals surface area (Å²) in [6, 6.07) is 1.85. The highest BCUT2D eigenvalue weighted by Crippen LogP contribution is 2.29. The van der Waals surface area contributed by atoms with Crippen LogP contribution in [-0.2, 0) is 35.4 Å². The van der Waals surface area contributed by atoms with Gasteiger partial charge in [-0.25, -0.2) is 4.21 Å². The Morgan fingerprint density at radius 1 is 1.18 bits per heavy atom. The highest BCUT2D eigenvalue weighted by atomic mass is 33.1. The lowest BCUT2D eigenvalue weighted by atomic mass is 10.0. The van der Waals surface area contributed by atoms with Crippen LogP contribution in [0.1, 0.15) is 57.8 Å². The zero-order valence-corrected chi connectivity index (χ0v) is 22.4. The first-order valence-corrected chi connectivity index (χ1v) is 15.3. The lowest BCUT2D eigenvalue weighted by Gasteiger charge is -2.25. The predicted molar refractivity (Wildman–Crippen MR) is 138 cm³/mol. The van der Waals surface area contributed by atoms with Crippen molar-refractivity contribution in [3.8, 4) is 0 Å². The normalized spacial score (nSPS) is 19.4. The molecule has 2 rings (SSSR count). The number of unbranched alkanes of at least 4 members (excludes halogenated alkanes) is 1. The average Bonchev–Trinajstić information content (AvgIpc) is 3.45. The van der Waals surface area contributed by atoms with Crippen LogP contribution < -0.4 is 16.0 Å². The van der Waals surface area contributed by atoms with E-state index in [1.807, 2.05) is 31.4 Å². The number of nitrogens with one attached hydrogen (secondary N) is 3. The Labute approximate surface area is 211 Å². The number of Topliss-reactive ketones (excluding diaryl/α,β-unsaturated/α-hetero) is 1. The first kappa shape index (κ1) is 28.5. The summed E-state index contributed by atoms with van der Waals surface area (Å²) in [5.41, 5.74) is 0. The highest BCUT2D eigenvalue weighted by molar-refractivity contribution is 8.69. The minimum Gasteiger partial charge on any atom is -0.350 e. The Hall–Kier alpha value is -1.72. The molecule has 34 heavy (non-hydrogen) atoms. The van der Waals surface area contributed by atoms with Crippen LogP contribution in [0.5, 0.6) is 0 Å². The first-order valence-electron chi connectivity index (χ1n) is 11.7. The summed E-state index contributed by atoms with van der Waals surface area (Å²) in [7, 11) is 0.681. The number of carbonyl (C=O) groups is 4. The zero-order valence-electron chi connectivity index (χ0n) is 20.0. The minimum absolute atomic E-state index is 0.205. The number of hydrogen-bond acceptors (Lipinski definition) is 7. The highest BCUT2D eigenvalue weighted by Gasteiger charge is 2.31. The third-order valence-corrected chi connectivity index (χ3v) is 10.1. The fraction of sp³-hybridized carbons (Fsp3) is 0.652. The van der Waals surface area contributed by atoms with E-state index in [1.165, 1.54) is 22.1 Å². The minimum atomic E-state index is -1.01. The van der Waals surface area contributed by atoms with E-state index in [9.17, 15) is 23.4 Å². The summed E-state index contributed by atoms with van der Waals surface area (Å²) in [4.78, 5) is 51.2. The van der Waals surface area contributed by atoms with Crippen molar-refractivity contribution in [2.45, 2.75) is 76.6 Å². The predicted octanol–water partition coefficient (Wildman–Crippen LogP) is 2.35. The summed E-state index contributed by atoms with van der Waals surface area (Å²) < 4.78 is 11.8. The Kier molecular flexibility index (Phi) is 12.3. The number of hydrogen-bond donors (Lipinski definition) is 3. The summed E-state index contributed by atoms with van der Waals surface area (Å²) in [6.45, 7) is 5.66. The molecule has 3 amide bonds. The molecule has 4 atom stereocenters. The number of amides is 3. The van der Waals surface area contributed by atoms with Gasteiger partial charge in [0.2, 0.25) is 17.6 Å². The van der Waals surface area contributed by atoms with E-state index in [0.29, 0.717) is 13.0 Å². The van der Waals surface area contributed by atoms with Crippen molar-refractivity contribution in [3.63, 3.8) is 0 Å². The van der Waals surface area contributed by atoms with Gasteiger partial charge in [0.05, 0.1) is 9.83 Å². The number of carbonyl (C=O) groups excluding carboxylic acids is 4. The number of rotatable bonds is 14. The van der Waals surface area contributed by atoms with Crippen LogP contribution in [0.3, 0.4) is 0 Å². The van der Waals surface area contributed by atoms with Crippen LogP contribution in [-0.4, -0.2) is 57.3 Å². The molecule has 1 aromatic rings. The van der Waals surface area contributed by atoms with Gasteiger partial charge >= 0.3 is 0 Å². The zero-order chi connectivity index (χ0) is 25.1. The summed E-state index contributed by atoms with van der Waals surface area (Å²) in [5, 5.41) is 10.1. The molecule has 0 aliphatic carbocycles. The number of ketones is 1. The van der Waals surface area contributed by atoms with Crippen LogP contribution in [0.4, 0.5) is 0 Å². The monoisotopic (exact) mass is 529 g/mol. The second kappa shape index (κ2) is 14.6. The average molecular weight is 530 g/mol. The molecular weight excluding hydrogens is 494 g/mol. The molecule has 0 bridgehead atoms. The molecular formula is C23H35N3O5S3. The lowest BCUT2D eigenvalue weighted by Crippen LogP contribution is -2.56. The van der Waals surface area contributed by atoms with Gasteiger partial charge in [-0.15, -0.1) is 11.3 Å². The SMILES string of the molecule is CCNC(=O)C(=O)[C@H](Cc1cccs1)NC(=O)[C@@H](NC(=O)CCCCC1CCSS1=O)C(C)C. The van der Waals surface area contributed by atoms with Gasteiger partial charge in [0.25, 0.3) is 5.91 Å². The molecule has 2 unspecified atom stereocenters. The molecule has 0 aromatic carbocycles. The third kappa shape index (κ3) is 9.14. The topological polar surface area (TPSA) is 121 Å². The fourth-order valence-electron chi connectivity index (χ4n) is 3.64. The second-order valence-electron chi connectivity index (χ2n) is 8.60.